The van der Waals surface area contributed by atoms with E-state index in [4.69, 9.17) is 14.6 Å². The Balaban J connectivity index is 1.95. The summed E-state index contributed by atoms with van der Waals surface area (Å²) >= 11 is 0. The fourth-order valence-electron chi connectivity index (χ4n) is 1.25. The second kappa shape index (κ2) is 5.16. The maximum Gasteiger partial charge on any atom is 0.316 e. The molecular weight excluding hydrogens is 220 g/mol. The SMILES string of the molecule is COc1ccc(COc2ncc(O)cn2)cc1. The number of ether oxygens (including phenoxy) is 2. The maximum atomic E-state index is 9.01. The zero-order chi connectivity index (χ0) is 12.1. The lowest BCUT2D eigenvalue weighted by Crippen LogP contribution is -1.98. The molecule has 0 saturated carbocycles. The van der Waals surface area contributed by atoms with Crippen LogP contribution in [0.15, 0.2) is 36.7 Å². The van der Waals surface area contributed by atoms with Gasteiger partial charge in [0.1, 0.15) is 12.4 Å². The summed E-state index contributed by atoms with van der Waals surface area (Å²) in [6, 6.07) is 7.75. The Labute approximate surface area is 98.7 Å². The third-order valence-corrected chi connectivity index (χ3v) is 2.14. The molecule has 0 aliphatic heterocycles. The normalized spacial score (nSPS) is 9.94. The molecule has 1 aromatic heterocycles. The molecule has 0 radical (unpaired) electrons. The smallest absolute Gasteiger partial charge is 0.316 e. The van der Waals surface area contributed by atoms with Crippen LogP contribution in [-0.4, -0.2) is 22.2 Å². The highest BCUT2D eigenvalue weighted by molar-refractivity contribution is 5.26. The molecule has 0 aliphatic rings. The lowest BCUT2D eigenvalue weighted by atomic mass is 10.2. The third-order valence-electron chi connectivity index (χ3n) is 2.14. The molecule has 5 nitrogen and oxygen atoms in total. The highest BCUT2D eigenvalue weighted by Crippen LogP contribution is 2.13. The molecule has 0 aliphatic carbocycles. The first-order valence-corrected chi connectivity index (χ1v) is 5.04. The van der Waals surface area contributed by atoms with E-state index in [0.717, 1.165) is 11.3 Å². The van der Waals surface area contributed by atoms with Crippen molar-refractivity contribution in [3.05, 3.63) is 42.2 Å². The highest BCUT2D eigenvalue weighted by Gasteiger charge is 1.99. The molecule has 1 heterocycles. The molecule has 0 amide bonds. The molecule has 88 valence electrons. The maximum absolute atomic E-state index is 9.01. The average molecular weight is 232 g/mol. The second-order valence-corrected chi connectivity index (χ2v) is 3.36. The van der Waals surface area contributed by atoms with Crippen molar-refractivity contribution in [1.82, 2.24) is 9.97 Å². The van der Waals surface area contributed by atoms with Crippen LogP contribution < -0.4 is 9.47 Å². The molecule has 1 N–H and O–H groups in total. The number of rotatable bonds is 4. The van der Waals surface area contributed by atoms with Crippen molar-refractivity contribution >= 4 is 0 Å². The third kappa shape index (κ3) is 3.07. The minimum Gasteiger partial charge on any atom is -0.505 e. The molecule has 5 heteroatoms. The summed E-state index contributed by atoms with van der Waals surface area (Å²) in [5, 5.41) is 9.01. The van der Waals surface area contributed by atoms with Gasteiger partial charge in [0, 0.05) is 0 Å². The van der Waals surface area contributed by atoms with Crippen molar-refractivity contribution in [2.24, 2.45) is 0 Å². The summed E-state index contributed by atoms with van der Waals surface area (Å²) in [5.41, 5.74) is 0.988. The first-order valence-electron chi connectivity index (χ1n) is 5.04. The number of hydrogen-bond acceptors (Lipinski definition) is 5. The summed E-state index contributed by atoms with van der Waals surface area (Å²) in [4.78, 5) is 7.64. The predicted octanol–water partition coefficient (Wildman–Crippen LogP) is 1.77. The van der Waals surface area contributed by atoms with Gasteiger partial charge < -0.3 is 14.6 Å². The Hall–Kier alpha value is -2.30. The highest BCUT2D eigenvalue weighted by atomic mass is 16.5. The van der Waals surface area contributed by atoms with E-state index in [-0.39, 0.29) is 11.8 Å². The van der Waals surface area contributed by atoms with E-state index in [1.54, 1.807) is 7.11 Å². The fourth-order valence-corrected chi connectivity index (χ4v) is 1.25. The molecule has 0 unspecified atom stereocenters. The Morgan fingerprint density at radius 2 is 1.76 bits per heavy atom. The van der Waals surface area contributed by atoms with Crippen LogP contribution in [0.5, 0.6) is 17.5 Å². The van der Waals surface area contributed by atoms with Gasteiger partial charge in [-0.05, 0) is 17.7 Å². The fraction of sp³-hybridized carbons (Fsp3) is 0.167. The van der Waals surface area contributed by atoms with Crippen molar-refractivity contribution in [1.29, 1.82) is 0 Å². The number of aromatic hydroxyl groups is 1. The van der Waals surface area contributed by atoms with E-state index < -0.39 is 0 Å². The van der Waals surface area contributed by atoms with Crippen molar-refractivity contribution < 1.29 is 14.6 Å². The van der Waals surface area contributed by atoms with Crippen LogP contribution in [0.3, 0.4) is 0 Å². The van der Waals surface area contributed by atoms with E-state index in [2.05, 4.69) is 9.97 Å². The molecule has 1 aromatic carbocycles. The molecule has 0 spiro atoms. The van der Waals surface area contributed by atoms with Crippen molar-refractivity contribution in [3.63, 3.8) is 0 Å². The second-order valence-electron chi connectivity index (χ2n) is 3.36. The minimum atomic E-state index is 0.0156. The number of nitrogens with zero attached hydrogens (tertiary/aromatic N) is 2. The van der Waals surface area contributed by atoms with Crippen molar-refractivity contribution in [2.45, 2.75) is 6.61 Å². The van der Waals surface area contributed by atoms with Gasteiger partial charge in [-0.15, -0.1) is 0 Å². The standard InChI is InChI=1S/C12H12N2O3/c1-16-11-4-2-9(3-5-11)8-17-12-13-6-10(15)7-14-12/h2-7,15H,8H2,1H3. The molecule has 0 atom stereocenters. The molecule has 2 aromatic rings. The lowest BCUT2D eigenvalue weighted by molar-refractivity contribution is 0.279. The Morgan fingerprint density at radius 3 is 2.35 bits per heavy atom. The van der Waals surface area contributed by atoms with E-state index in [9.17, 15) is 0 Å². The van der Waals surface area contributed by atoms with Gasteiger partial charge >= 0.3 is 6.01 Å². The average Bonchev–Trinajstić information content (AvgIpc) is 2.39. The van der Waals surface area contributed by atoms with Crippen LogP contribution in [0.4, 0.5) is 0 Å². The Morgan fingerprint density at radius 1 is 1.12 bits per heavy atom. The van der Waals surface area contributed by atoms with Gasteiger partial charge in [0.25, 0.3) is 0 Å². The molecule has 17 heavy (non-hydrogen) atoms. The van der Waals surface area contributed by atoms with Gasteiger partial charge in [0.2, 0.25) is 0 Å². The van der Waals surface area contributed by atoms with E-state index in [0.29, 0.717) is 6.61 Å². The van der Waals surface area contributed by atoms with E-state index in [1.165, 1.54) is 12.4 Å². The summed E-state index contributed by atoms with van der Waals surface area (Å²) in [7, 11) is 1.62. The topological polar surface area (TPSA) is 64.5 Å². The zero-order valence-electron chi connectivity index (χ0n) is 9.33. The molecule has 0 fully saturated rings. The number of methoxy groups -OCH3 is 1. The van der Waals surface area contributed by atoms with Crippen LogP contribution in [0, 0.1) is 0 Å². The molecular formula is C12H12N2O3. The van der Waals surface area contributed by atoms with Crippen LogP contribution in [0.2, 0.25) is 0 Å². The van der Waals surface area contributed by atoms with Crippen molar-refractivity contribution in [3.8, 4) is 17.5 Å². The summed E-state index contributed by atoms with van der Waals surface area (Å²) < 4.78 is 10.4. The largest absolute Gasteiger partial charge is 0.505 e. The van der Waals surface area contributed by atoms with Gasteiger partial charge in [-0.3, -0.25) is 0 Å². The summed E-state index contributed by atoms with van der Waals surface area (Å²) in [6.07, 6.45) is 2.58. The first kappa shape index (κ1) is 11.2. The van der Waals surface area contributed by atoms with Gasteiger partial charge in [0.05, 0.1) is 19.5 Å². The molecule has 0 saturated heterocycles. The number of aromatic nitrogens is 2. The van der Waals surface area contributed by atoms with Gasteiger partial charge in [-0.25, -0.2) is 0 Å². The molecule has 2 rings (SSSR count). The number of hydrogen-bond donors (Lipinski definition) is 1. The van der Waals surface area contributed by atoms with Gasteiger partial charge in [-0.1, -0.05) is 12.1 Å². The Bertz CT molecular complexity index is 468. The summed E-state index contributed by atoms with van der Waals surface area (Å²) in [5.74, 6) is 0.816. The van der Waals surface area contributed by atoms with Crippen LogP contribution >= 0.6 is 0 Å². The van der Waals surface area contributed by atoms with Crippen molar-refractivity contribution in [2.75, 3.05) is 7.11 Å². The van der Waals surface area contributed by atoms with Crippen LogP contribution in [0.1, 0.15) is 5.56 Å². The summed E-state index contributed by atoms with van der Waals surface area (Å²) in [6.45, 7) is 0.370. The monoisotopic (exact) mass is 232 g/mol. The first-order chi connectivity index (χ1) is 8.28. The van der Waals surface area contributed by atoms with Gasteiger partial charge in [0.15, 0.2) is 5.75 Å². The minimum absolute atomic E-state index is 0.0156. The van der Waals surface area contributed by atoms with Gasteiger partial charge in [-0.2, -0.15) is 9.97 Å². The molecule has 0 bridgehead atoms. The quantitative estimate of drug-likeness (QED) is 0.870. The van der Waals surface area contributed by atoms with Crippen LogP contribution in [0.25, 0.3) is 0 Å². The lowest BCUT2D eigenvalue weighted by Gasteiger charge is -2.05. The Kier molecular flexibility index (Phi) is 3.40. The van der Waals surface area contributed by atoms with E-state index in [1.807, 2.05) is 24.3 Å². The predicted molar refractivity (Wildman–Crippen MR) is 61.0 cm³/mol. The zero-order valence-corrected chi connectivity index (χ0v) is 9.33. The van der Waals surface area contributed by atoms with E-state index >= 15 is 0 Å². The number of benzene rings is 1. The van der Waals surface area contributed by atoms with Crippen LogP contribution in [-0.2, 0) is 6.61 Å².